The van der Waals surface area contributed by atoms with Crippen molar-refractivity contribution in [3.8, 4) is 11.3 Å². The van der Waals surface area contributed by atoms with E-state index in [9.17, 15) is 4.79 Å². The second-order valence-electron chi connectivity index (χ2n) is 8.90. The van der Waals surface area contributed by atoms with E-state index < -0.39 is 0 Å². The summed E-state index contributed by atoms with van der Waals surface area (Å²) in [6, 6.07) is 11.1. The van der Waals surface area contributed by atoms with E-state index in [-0.39, 0.29) is 11.4 Å². The van der Waals surface area contributed by atoms with Crippen LogP contribution in [-0.4, -0.2) is 27.9 Å². The van der Waals surface area contributed by atoms with E-state index in [2.05, 4.69) is 23.4 Å². The fraction of sp³-hybridized carbons (Fsp3) is 0.308. The molecule has 1 aromatic heterocycles. The molecule has 31 heavy (non-hydrogen) atoms. The maximum atomic E-state index is 13.0. The Bertz CT molecular complexity index is 998. The predicted molar refractivity (Wildman–Crippen MR) is 130 cm³/mol. The van der Waals surface area contributed by atoms with E-state index in [1.807, 2.05) is 69.4 Å². The van der Waals surface area contributed by atoms with E-state index >= 15 is 0 Å². The highest BCUT2D eigenvalue weighted by Gasteiger charge is 2.26. The van der Waals surface area contributed by atoms with Crippen molar-refractivity contribution in [2.24, 2.45) is 5.92 Å². The summed E-state index contributed by atoms with van der Waals surface area (Å²) in [5.41, 5.74) is 3.37. The van der Waals surface area contributed by atoms with Gasteiger partial charge >= 0.3 is 0 Å². The van der Waals surface area contributed by atoms with Crippen LogP contribution in [0.4, 0.5) is 0 Å². The monoisotopic (exact) mass is 435 g/mol. The molecule has 2 aromatic rings. The Hall–Kier alpha value is -2.85. The molecule has 1 amide bonds. The van der Waals surface area contributed by atoms with Crippen LogP contribution in [0.1, 0.15) is 49.7 Å². The molecule has 1 fully saturated rings. The molecule has 3 rings (SSSR count). The lowest BCUT2D eigenvalue weighted by Gasteiger charge is -2.24. The topological polar surface area (TPSA) is 45.2 Å². The highest BCUT2D eigenvalue weighted by Crippen LogP contribution is 2.33. The lowest BCUT2D eigenvalue weighted by atomic mass is 10.0. The first-order chi connectivity index (χ1) is 14.7. The maximum Gasteiger partial charge on any atom is 0.251 e. The average molecular weight is 436 g/mol. The van der Waals surface area contributed by atoms with Crippen molar-refractivity contribution in [2.45, 2.75) is 39.2 Å². The first-order valence-corrected chi connectivity index (χ1v) is 10.9. The van der Waals surface area contributed by atoms with Gasteiger partial charge in [0.15, 0.2) is 0 Å². The second-order valence-corrected chi connectivity index (χ2v) is 9.34. The Balaban J connectivity index is 2.11. The lowest BCUT2D eigenvalue weighted by Crippen LogP contribution is -2.40. The molecule has 0 saturated heterocycles. The minimum atomic E-state index is -0.347. The number of rotatable bonds is 8. The highest BCUT2D eigenvalue weighted by atomic mass is 35.5. The molecule has 4 nitrogen and oxygen atoms in total. The molecule has 1 N–H and O–H groups in total. The van der Waals surface area contributed by atoms with E-state index in [1.165, 1.54) is 12.8 Å². The molecule has 1 heterocycles. The summed E-state index contributed by atoms with van der Waals surface area (Å²) in [5, 5.41) is 3.70. The summed E-state index contributed by atoms with van der Waals surface area (Å²) < 4.78 is 0. The van der Waals surface area contributed by atoms with Crippen LogP contribution in [0, 0.1) is 5.92 Å². The zero-order chi connectivity index (χ0) is 22.6. The molecule has 1 aliphatic carbocycles. The molecule has 0 spiro atoms. The van der Waals surface area contributed by atoms with Crippen LogP contribution in [0.25, 0.3) is 17.0 Å². The van der Waals surface area contributed by atoms with Crippen LogP contribution in [-0.2, 0) is 0 Å². The van der Waals surface area contributed by atoms with Crippen molar-refractivity contribution in [1.29, 1.82) is 0 Å². The van der Waals surface area contributed by atoms with E-state index in [1.54, 1.807) is 6.08 Å². The summed E-state index contributed by atoms with van der Waals surface area (Å²) in [7, 11) is 0. The van der Waals surface area contributed by atoms with Gasteiger partial charge in [-0.2, -0.15) is 0 Å². The second kappa shape index (κ2) is 9.52. The van der Waals surface area contributed by atoms with Crippen molar-refractivity contribution in [1.82, 2.24) is 15.2 Å². The van der Waals surface area contributed by atoms with Crippen LogP contribution in [0.3, 0.4) is 0 Å². The number of carbonyl (C=O) groups is 1. The zero-order valence-corrected chi connectivity index (χ0v) is 19.2. The van der Waals surface area contributed by atoms with Gasteiger partial charge in [-0.3, -0.25) is 4.79 Å². The van der Waals surface area contributed by atoms with Crippen molar-refractivity contribution >= 4 is 23.2 Å². The molecule has 1 saturated carbocycles. The third-order valence-corrected chi connectivity index (χ3v) is 5.19. The highest BCUT2D eigenvalue weighted by molar-refractivity contribution is 6.30. The first kappa shape index (κ1) is 22.8. The molecule has 0 bridgehead atoms. The Kier molecular flexibility index (Phi) is 7.01. The molecular weight excluding hydrogens is 406 g/mol. The van der Waals surface area contributed by atoms with Gasteiger partial charge in [-0.25, -0.2) is 4.98 Å². The van der Waals surface area contributed by atoms with Crippen LogP contribution in [0.2, 0.25) is 5.02 Å². The standard InChI is InChI=1S/C26H30ClN3O/c1-6-8-24(30(7-2)17-18-9-10-18)23-16-20(25(31)29-26(3,4)5)15-22(28-23)19-11-13-21(27)14-12-19/h6-8,11-16,18H,1-2,9-10,17H2,3-5H3,(H,29,31)/b24-8-. The van der Waals surface area contributed by atoms with Crippen LogP contribution < -0.4 is 5.32 Å². The molecule has 0 unspecified atom stereocenters. The molecule has 1 aliphatic rings. The van der Waals surface area contributed by atoms with Gasteiger partial charge in [-0.05, 0) is 76.1 Å². The van der Waals surface area contributed by atoms with Gasteiger partial charge in [0.05, 0.1) is 17.1 Å². The Morgan fingerprint density at radius 1 is 1.23 bits per heavy atom. The summed E-state index contributed by atoms with van der Waals surface area (Å²) >= 11 is 6.07. The van der Waals surface area contributed by atoms with Crippen molar-refractivity contribution < 1.29 is 4.79 Å². The van der Waals surface area contributed by atoms with Gasteiger partial charge in [0, 0.05) is 28.2 Å². The molecule has 0 radical (unpaired) electrons. The largest absolute Gasteiger partial charge is 0.347 e. The number of nitrogens with one attached hydrogen (secondary N) is 1. The van der Waals surface area contributed by atoms with E-state index in [0.29, 0.717) is 27.9 Å². The quantitative estimate of drug-likeness (QED) is 0.494. The van der Waals surface area contributed by atoms with Gasteiger partial charge in [0.2, 0.25) is 0 Å². The molecule has 5 heteroatoms. The zero-order valence-electron chi connectivity index (χ0n) is 18.5. The van der Waals surface area contributed by atoms with Crippen molar-refractivity contribution in [2.75, 3.05) is 6.54 Å². The Morgan fingerprint density at radius 2 is 1.90 bits per heavy atom. The number of nitrogens with zero attached hydrogens (tertiary/aromatic N) is 2. The third kappa shape index (κ3) is 6.31. The Labute approximate surface area is 190 Å². The van der Waals surface area contributed by atoms with Crippen LogP contribution >= 0.6 is 11.6 Å². The fourth-order valence-corrected chi connectivity index (χ4v) is 3.39. The number of hydrogen-bond acceptors (Lipinski definition) is 3. The first-order valence-electron chi connectivity index (χ1n) is 10.5. The number of halogens is 1. The van der Waals surface area contributed by atoms with Crippen LogP contribution in [0.5, 0.6) is 0 Å². The summed E-state index contributed by atoms with van der Waals surface area (Å²) in [4.78, 5) is 20.0. The maximum absolute atomic E-state index is 13.0. The summed E-state index contributed by atoms with van der Waals surface area (Å²) in [5.74, 6) is 0.519. The number of allylic oxidation sites excluding steroid dienone is 2. The summed E-state index contributed by atoms with van der Waals surface area (Å²) in [6.07, 6.45) is 7.93. The SMILES string of the molecule is C=C/C=C(/c1cc(C(=O)NC(C)(C)C)cc(-c2ccc(Cl)cc2)n1)N(C=C)CC1CC1. The number of amides is 1. The van der Waals surface area contributed by atoms with Crippen molar-refractivity contribution in [3.63, 3.8) is 0 Å². The number of hydrogen-bond donors (Lipinski definition) is 1. The molecule has 162 valence electrons. The minimum absolute atomic E-state index is 0.142. The predicted octanol–water partition coefficient (Wildman–Crippen LogP) is 6.31. The number of aromatic nitrogens is 1. The minimum Gasteiger partial charge on any atom is -0.347 e. The normalized spacial score (nSPS) is 14.1. The van der Waals surface area contributed by atoms with Crippen LogP contribution in [0.15, 0.2) is 67.9 Å². The molecule has 1 aromatic carbocycles. The van der Waals surface area contributed by atoms with E-state index in [0.717, 1.165) is 17.8 Å². The lowest BCUT2D eigenvalue weighted by molar-refractivity contribution is 0.0919. The van der Waals surface area contributed by atoms with Gasteiger partial charge in [0.25, 0.3) is 5.91 Å². The Morgan fingerprint density at radius 3 is 2.45 bits per heavy atom. The van der Waals surface area contributed by atoms with Gasteiger partial charge < -0.3 is 10.2 Å². The number of carbonyl (C=O) groups excluding carboxylic acids is 1. The number of pyridine rings is 1. The van der Waals surface area contributed by atoms with Crippen molar-refractivity contribution in [3.05, 3.63) is 84.2 Å². The molecule has 0 atom stereocenters. The average Bonchev–Trinajstić information content (AvgIpc) is 3.53. The fourth-order valence-electron chi connectivity index (χ4n) is 3.26. The summed E-state index contributed by atoms with van der Waals surface area (Å²) in [6.45, 7) is 14.6. The number of benzene rings is 1. The van der Waals surface area contributed by atoms with Gasteiger partial charge in [-0.15, -0.1) is 0 Å². The smallest absolute Gasteiger partial charge is 0.251 e. The van der Waals surface area contributed by atoms with Gasteiger partial charge in [0.1, 0.15) is 0 Å². The molecule has 0 aliphatic heterocycles. The molecular formula is C26H30ClN3O. The van der Waals surface area contributed by atoms with Gasteiger partial charge in [-0.1, -0.05) is 43.0 Å². The van der Waals surface area contributed by atoms with E-state index in [4.69, 9.17) is 16.6 Å². The third-order valence-electron chi connectivity index (χ3n) is 4.94.